The molecular formula is C18H20BrClO2. The van der Waals surface area contributed by atoms with E-state index in [9.17, 15) is 5.11 Å². The molecular weight excluding hydrogens is 364 g/mol. The highest BCUT2D eigenvalue weighted by Crippen LogP contribution is 2.34. The van der Waals surface area contributed by atoms with E-state index in [1.54, 1.807) is 0 Å². The quantitative estimate of drug-likeness (QED) is 0.529. The van der Waals surface area contributed by atoms with Crippen LogP contribution in [-0.2, 0) is 5.60 Å². The van der Waals surface area contributed by atoms with E-state index >= 15 is 0 Å². The summed E-state index contributed by atoms with van der Waals surface area (Å²) in [6, 6.07) is 15.0. The Morgan fingerprint density at radius 1 is 1.14 bits per heavy atom. The van der Waals surface area contributed by atoms with Crippen LogP contribution >= 0.6 is 27.5 Å². The number of halogens is 2. The third-order valence-electron chi connectivity index (χ3n) is 3.69. The molecule has 0 bridgehead atoms. The number of hydrogen-bond donors (Lipinski definition) is 1. The second kappa shape index (κ2) is 8.00. The third-order valence-corrected chi connectivity index (χ3v) is 4.49. The maximum Gasteiger partial charge on any atom is 0.119 e. The van der Waals surface area contributed by atoms with Crippen molar-refractivity contribution in [2.45, 2.75) is 25.4 Å². The zero-order valence-electron chi connectivity index (χ0n) is 12.6. The molecule has 0 spiro atoms. The number of aliphatic hydroxyl groups is 1. The molecule has 2 aromatic rings. The van der Waals surface area contributed by atoms with Crippen molar-refractivity contribution in [2.75, 3.05) is 11.9 Å². The lowest BCUT2D eigenvalue weighted by Gasteiger charge is -2.28. The van der Waals surface area contributed by atoms with Gasteiger partial charge in [0.05, 0.1) is 6.61 Å². The highest BCUT2D eigenvalue weighted by atomic mass is 79.9. The van der Waals surface area contributed by atoms with Crippen LogP contribution in [-0.4, -0.2) is 17.0 Å². The molecule has 0 radical (unpaired) electrons. The average molecular weight is 384 g/mol. The van der Waals surface area contributed by atoms with E-state index in [2.05, 4.69) is 15.9 Å². The Labute approximate surface area is 145 Å². The van der Waals surface area contributed by atoms with Crippen molar-refractivity contribution in [2.24, 2.45) is 0 Å². The molecule has 2 nitrogen and oxygen atoms in total. The smallest absolute Gasteiger partial charge is 0.119 e. The van der Waals surface area contributed by atoms with Crippen molar-refractivity contribution >= 4 is 27.5 Å². The summed E-state index contributed by atoms with van der Waals surface area (Å²) in [6.45, 7) is 2.64. The number of alkyl halides is 1. The van der Waals surface area contributed by atoms with Crippen LogP contribution in [0.4, 0.5) is 0 Å². The minimum atomic E-state index is -1.04. The maximum atomic E-state index is 11.1. The molecule has 0 aliphatic carbocycles. The van der Waals surface area contributed by atoms with Crippen molar-refractivity contribution in [1.82, 2.24) is 0 Å². The summed E-state index contributed by atoms with van der Waals surface area (Å²) < 4.78 is 5.64. The van der Waals surface area contributed by atoms with E-state index in [0.29, 0.717) is 18.1 Å². The fraction of sp³-hybridized carbons (Fsp3) is 0.333. The van der Waals surface area contributed by atoms with Gasteiger partial charge >= 0.3 is 0 Å². The summed E-state index contributed by atoms with van der Waals surface area (Å²) in [5.74, 6) is 0.814. The summed E-state index contributed by atoms with van der Waals surface area (Å²) in [4.78, 5) is 0. The number of ether oxygens (including phenoxy) is 1. The Morgan fingerprint density at radius 3 is 2.45 bits per heavy atom. The van der Waals surface area contributed by atoms with Gasteiger partial charge in [-0.05, 0) is 48.2 Å². The SMILES string of the molecule is CCC(O)(c1ccc(OCCCBr)cc1)c1cccc(Cl)c1. The van der Waals surface area contributed by atoms with Crippen LogP contribution in [0.3, 0.4) is 0 Å². The zero-order valence-corrected chi connectivity index (χ0v) is 14.9. The highest BCUT2D eigenvalue weighted by molar-refractivity contribution is 9.09. The first kappa shape index (κ1) is 17.3. The molecule has 1 atom stereocenters. The normalized spacial score (nSPS) is 13.6. The van der Waals surface area contributed by atoms with Crippen LogP contribution in [0.15, 0.2) is 48.5 Å². The number of hydrogen-bond acceptors (Lipinski definition) is 2. The van der Waals surface area contributed by atoms with Crippen LogP contribution in [0.5, 0.6) is 5.75 Å². The Balaban J connectivity index is 2.23. The largest absolute Gasteiger partial charge is 0.494 e. The first-order chi connectivity index (χ1) is 10.6. The number of benzene rings is 2. The third kappa shape index (κ3) is 4.03. The van der Waals surface area contributed by atoms with Crippen LogP contribution < -0.4 is 4.74 Å². The minimum absolute atomic E-state index is 0.567. The Hall–Kier alpha value is -1.03. The molecule has 0 amide bonds. The van der Waals surface area contributed by atoms with Gasteiger partial charge in [-0.3, -0.25) is 0 Å². The fourth-order valence-electron chi connectivity index (χ4n) is 2.39. The van der Waals surface area contributed by atoms with Gasteiger partial charge in [-0.1, -0.05) is 58.7 Å². The molecule has 2 aromatic carbocycles. The summed E-state index contributed by atoms with van der Waals surface area (Å²) in [6.07, 6.45) is 1.53. The topological polar surface area (TPSA) is 29.5 Å². The highest BCUT2D eigenvalue weighted by Gasteiger charge is 2.29. The van der Waals surface area contributed by atoms with Crippen molar-refractivity contribution in [3.8, 4) is 5.75 Å². The zero-order chi connectivity index (χ0) is 16.0. The first-order valence-electron chi connectivity index (χ1n) is 7.38. The van der Waals surface area contributed by atoms with Gasteiger partial charge in [0, 0.05) is 10.4 Å². The molecule has 1 N–H and O–H groups in total. The van der Waals surface area contributed by atoms with Gasteiger partial charge in [0.1, 0.15) is 11.4 Å². The first-order valence-corrected chi connectivity index (χ1v) is 8.88. The standard InChI is InChI=1S/C18H20BrClO2/c1-2-18(21,15-5-3-6-16(20)13-15)14-7-9-17(10-8-14)22-12-4-11-19/h3,5-10,13,21H,2,4,11-12H2,1H3. The van der Waals surface area contributed by atoms with Gasteiger partial charge < -0.3 is 9.84 Å². The molecule has 1 unspecified atom stereocenters. The van der Waals surface area contributed by atoms with Gasteiger partial charge in [-0.2, -0.15) is 0 Å². The summed E-state index contributed by atoms with van der Waals surface area (Å²) >= 11 is 9.43. The van der Waals surface area contributed by atoms with Crippen molar-refractivity contribution < 1.29 is 9.84 Å². The fourth-order valence-corrected chi connectivity index (χ4v) is 2.81. The van der Waals surface area contributed by atoms with E-state index in [1.165, 1.54) is 0 Å². The maximum absolute atomic E-state index is 11.1. The lowest BCUT2D eigenvalue weighted by Crippen LogP contribution is -2.26. The minimum Gasteiger partial charge on any atom is -0.494 e. The van der Waals surface area contributed by atoms with Gasteiger partial charge in [-0.15, -0.1) is 0 Å². The summed E-state index contributed by atoms with van der Waals surface area (Å²) in [5, 5.41) is 12.6. The Bertz CT molecular complexity index is 600. The molecule has 22 heavy (non-hydrogen) atoms. The molecule has 0 fully saturated rings. The molecule has 118 valence electrons. The average Bonchev–Trinajstić information content (AvgIpc) is 2.55. The van der Waals surface area contributed by atoms with Crippen molar-refractivity contribution in [3.05, 3.63) is 64.7 Å². The summed E-state index contributed by atoms with van der Waals surface area (Å²) in [7, 11) is 0. The Kier molecular flexibility index (Phi) is 6.30. The second-order valence-corrected chi connectivity index (χ2v) is 6.37. The number of rotatable bonds is 7. The second-order valence-electron chi connectivity index (χ2n) is 5.14. The van der Waals surface area contributed by atoms with E-state index in [0.717, 1.165) is 28.6 Å². The predicted molar refractivity (Wildman–Crippen MR) is 95.1 cm³/mol. The van der Waals surface area contributed by atoms with E-state index in [4.69, 9.17) is 16.3 Å². The van der Waals surface area contributed by atoms with Gasteiger partial charge in [0.15, 0.2) is 0 Å². The van der Waals surface area contributed by atoms with Crippen LogP contribution in [0.2, 0.25) is 5.02 Å². The molecule has 0 heterocycles. The van der Waals surface area contributed by atoms with Gasteiger partial charge in [-0.25, -0.2) is 0 Å². The van der Waals surface area contributed by atoms with Gasteiger partial charge in [0.25, 0.3) is 0 Å². The van der Waals surface area contributed by atoms with Crippen molar-refractivity contribution in [1.29, 1.82) is 0 Å². The lowest BCUT2D eigenvalue weighted by molar-refractivity contribution is 0.0765. The molecule has 2 rings (SSSR count). The molecule has 0 aromatic heterocycles. The van der Waals surface area contributed by atoms with Crippen LogP contribution in [0.25, 0.3) is 0 Å². The van der Waals surface area contributed by atoms with Crippen molar-refractivity contribution in [3.63, 3.8) is 0 Å². The molecule has 0 saturated heterocycles. The van der Waals surface area contributed by atoms with Gasteiger partial charge in [0.2, 0.25) is 0 Å². The van der Waals surface area contributed by atoms with E-state index in [1.807, 2.05) is 55.5 Å². The van der Waals surface area contributed by atoms with E-state index < -0.39 is 5.60 Å². The molecule has 0 aliphatic heterocycles. The Morgan fingerprint density at radius 2 is 1.86 bits per heavy atom. The molecule has 4 heteroatoms. The lowest BCUT2D eigenvalue weighted by atomic mass is 9.84. The predicted octanol–water partition coefficient (Wildman–Crippen LogP) is 5.15. The summed E-state index contributed by atoms with van der Waals surface area (Å²) in [5.41, 5.74) is 0.597. The van der Waals surface area contributed by atoms with E-state index in [-0.39, 0.29) is 0 Å². The van der Waals surface area contributed by atoms with Crippen LogP contribution in [0.1, 0.15) is 30.9 Å². The molecule has 0 aliphatic rings. The molecule has 0 saturated carbocycles. The van der Waals surface area contributed by atoms with Crippen LogP contribution in [0, 0.1) is 0 Å². The monoisotopic (exact) mass is 382 g/mol.